The van der Waals surface area contributed by atoms with E-state index in [0.717, 1.165) is 0 Å². The van der Waals surface area contributed by atoms with E-state index in [2.05, 4.69) is 10.4 Å². The Kier molecular flexibility index (Phi) is 5.84. The van der Waals surface area contributed by atoms with Crippen LogP contribution in [0.1, 0.15) is 16.8 Å². The molecule has 0 atom stereocenters. The molecule has 1 N–H and O–H groups in total. The topological polar surface area (TPSA) is 90.3 Å². The van der Waals surface area contributed by atoms with Gasteiger partial charge >= 0.3 is 5.97 Å². The number of nitrogens with zero attached hydrogens (tertiary/aromatic N) is 2. The van der Waals surface area contributed by atoms with Crippen LogP contribution in [0.3, 0.4) is 0 Å². The molecule has 154 valence electrons. The van der Waals surface area contributed by atoms with E-state index in [1.165, 1.54) is 6.20 Å². The molecule has 31 heavy (non-hydrogen) atoms. The highest BCUT2D eigenvalue weighted by Gasteiger charge is 2.09. The lowest BCUT2D eigenvalue weighted by Crippen LogP contribution is -2.16. The molecule has 4 aromatic rings. The van der Waals surface area contributed by atoms with Gasteiger partial charge in [-0.25, -0.2) is 0 Å². The Bertz CT molecular complexity index is 1280. The van der Waals surface area contributed by atoms with E-state index in [1.54, 1.807) is 71.4 Å². The Morgan fingerprint density at radius 2 is 1.61 bits per heavy atom. The summed E-state index contributed by atoms with van der Waals surface area (Å²) in [5.74, 6) is -0.266. The first-order valence-corrected chi connectivity index (χ1v) is 9.72. The summed E-state index contributed by atoms with van der Waals surface area (Å²) in [5.41, 5.74) is 1.66. The summed E-state index contributed by atoms with van der Waals surface area (Å²) >= 11 is 0. The predicted molar refractivity (Wildman–Crippen MR) is 117 cm³/mol. The second-order valence-electron chi connectivity index (χ2n) is 6.82. The number of anilines is 1. The molecule has 0 spiro atoms. The minimum atomic E-state index is -0.425. The Hall–Kier alpha value is -4.26. The Morgan fingerprint density at radius 1 is 0.903 bits per heavy atom. The summed E-state index contributed by atoms with van der Waals surface area (Å²) in [6.45, 7) is 0.283. The quantitative estimate of drug-likeness (QED) is 0.385. The molecule has 7 heteroatoms. The summed E-state index contributed by atoms with van der Waals surface area (Å²) < 4.78 is 6.97. The van der Waals surface area contributed by atoms with Gasteiger partial charge in [-0.15, -0.1) is 0 Å². The van der Waals surface area contributed by atoms with Crippen LogP contribution >= 0.6 is 0 Å². The molecule has 0 unspecified atom stereocenters. The van der Waals surface area contributed by atoms with Crippen LogP contribution in [-0.2, 0) is 11.3 Å². The number of fused-ring (bicyclic) bond motifs is 1. The van der Waals surface area contributed by atoms with Gasteiger partial charge < -0.3 is 10.1 Å². The minimum Gasteiger partial charge on any atom is -0.426 e. The normalized spacial score (nSPS) is 10.6. The number of benzene rings is 3. The average Bonchev–Trinajstić information content (AvgIpc) is 2.81. The Labute approximate surface area is 177 Å². The van der Waals surface area contributed by atoms with E-state index < -0.39 is 5.97 Å². The molecule has 1 aromatic heterocycles. The Balaban J connectivity index is 1.35. The number of aromatic nitrogens is 2. The number of aryl methyl sites for hydroxylation is 1. The SMILES string of the molecule is O=C(CCn1ncc(=O)c2ccccc21)Oc1ccc(NC(=O)c2ccccc2)cc1. The fourth-order valence-corrected chi connectivity index (χ4v) is 3.12. The highest BCUT2D eigenvalue weighted by atomic mass is 16.5. The third kappa shape index (κ3) is 4.84. The molecule has 1 amide bonds. The van der Waals surface area contributed by atoms with Gasteiger partial charge in [-0.3, -0.25) is 19.1 Å². The van der Waals surface area contributed by atoms with Gasteiger partial charge in [0.15, 0.2) is 0 Å². The second-order valence-corrected chi connectivity index (χ2v) is 6.82. The number of rotatable bonds is 6. The number of hydrogen-bond acceptors (Lipinski definition) is 5. The van der Waals surface area contributed by atoms with Gasteiger partial charge in [0.25, 0.3) is 5.91 Å². The van der Waals surface area contributed by atoms with E-state index in [9.17, 15) is 14.4 Å². The number of hydrogen-bond donors (Lipinski definition) is 1. The first-order valence-electron chi connectivity index (χ1n) is 9.72. The maximum absolute atomic E-state index is 12.2. The molecule has 0 saturated carbocycles. The largest absolute Gasteiger partial charge is 0.426 e. The van der Waals surface area contributed by atoms with Crippen molar-refractivity contribution in [1.82, 2.24) is 9.78 Å². The van der Waals surface area contributed by atoms with Crippen molar-refractivity contribution in [1.29, 1.82) is 0 Å². The van der Waals surface area contributed by atoms with Crippen LogP contribution in [0.2, 0.25) is 0 Å². The van der Waals surface area contributed by atoms with Crippen LogP contribution < -0.4 is 15.5 Å². The van der Waals surface area contributed by atoms with Crippen molar-refractivity contribution in [2.75, 3.05) is 5.32 Å². The van der Waals surface area contributed by atoms with Gasteiger partial charge in [0.1, 0.15) is 5.75 Å². The van der Waals surface area contributed by atoms with Gasteiger partial charge in [-0.1, -0.05) is 30.3 Å². The lowest BCUT2D eigenvalue weighted by atomic mass is 10.2. The van der Waals surface area contributed by atoms with Crippen LogP contribution in [0.4, 0.5) is 5.69 Å². The maximum Gasteiger partial charge on any atom is 0.313 e. The van der Waals surface area contributed by atoms with Crippen molar-refractivity contribution in [3.8, 4) is 5.75 Å². The van der Waals surface area contributed by atoms with Crippen molar-refractivity contribution in [2.45, 2.75) is 13.0 Å². The molecule has 0 aliphatic rings. The molecule has 7 nitrogen and oxygen atoms in total. The van der Waals surface area contributed by atoms with Gasteiger partial charge in [-0.2, -0.15) is 5.10 Å². The smallest absolute Gasteiger partial charge is 0.313 e. The lowest BCUT2D eigenvalue weighted by Gasteiger charge is -2.10. The van der Waals surface area contributed by atoms with E-state index in [4.69, 9.17) is 4.74 Å². The third-order valence-corrected chi connectivity index (χ3v) is 4.67. The minimum absolute atomic E-state index is 0.0896. The number of carbonyl (C=O) groups is 2. The molecular weight excluding hydrogens is 394 g/mol. The molecule has 0 saturated heterocycles. The number of ether oxygens (including phenoxy) is 1. The summed E-state index contributed by atoms with van der Waals surface area (Å²) in [6, 6.07) is 22.6. The van der Waals surface area contributed by atoms with E-state index in [1.807, 2.05) is 12.1 Å². The average molecular weight is 413 g/mol. The first-order chi connectivity index (χ1) is 15.1. The molecule has 4 rings (SSSR count). The zero-order valence-corrected chi connectivity index (χ0v) is 16.5. The number of esters is 1. The predicted octanol–water partition coefficient (Wildman–Crippen LogP) is 3.64. The molecule has 3 aromatic carbocycles. The summed E-state index contributed by atoms with van der Waals surface area (Å²) in [7, 11) is 0. The fraction of sp³-hybridized carbons (Fsp3) is 0.0833. The van der Waals surface area contributed by atoms with Gasteiger partial charge in [0.2, 0.25) is 5.43 Å². The molecule has 0 fully saturated rings. The highest BCUT2D eigenvalue weighted by Crippen LogP contribution is 2.17. The molecule has 1 heterocycles. The van der Waals surface area contributed by atoms with Crippen LogP contribution in [-0.4, -0.2) is 21.7 Å². The number of amides is 1. The zero-order chi connectivity index (χ0) is 21.6. The maximum atomic E-state index is 12.2. The van der Waals surface area contributed by atoms with E-state index >= 15 is 0 Å². The highest BCUT2D eigenvalue weighted by molar-refractivity contribution is 6.04. The van der Waals surface area contributed by atoms with Gasteiger partial charge in [0.05, 0.1) is 24.7 Å². The van der Waals surface area contributed by atoms with E-state index in [0.29, 0.717) is 27.9 Å². The van der Waals surface area contributed by atoms with Crippen LogP contribution in [0, 0.1) is 0 Å². The fourth-order valence-electron chi connectivity index (χ4n) is 3.12. The number of para-hydroxylation sites is 1. The van der Waals surface area contributed by atoms with Crippen LogP contribution in [0.25, 0.3) is 10.9 Å². The van der Waals surface area contributed by atoms with Crippen molar-refractivity contribution in [3.63, 3.8) is 0 Å². The van der Waals surface area contributed by atoms with Gasteiger partial charge in [0, 0.05) is 16.6 Å². The van der Waals surface area contributed by atoms with Crippen molar-refractivity contribution < 1.29 is 14.3 Å². The van der Waals surface area contributed by atoms with E-state index in [-0.39, 0.29) is 24.3 Å². The first kappa shape index (κ1) is 20.0. The molecule has 0 bridgehead atoms. The van der Waals surface area contributed by atoms with Crippen LogP contribution in [0.5, 0.6) is 5.75 Å². The Morgan fingerprint density at radius 3 is 2.39 bits per heavy atom. The zero-order valence-electron chi connectivity index (χ0n) is 16.5. The molecule has 0 aliphatic carbocycles. The molecule has 0 aliphatic heterocycles. The lowest BCUT2D eigenvalue weighted by molar-refractivity contribution is -0.134. The molecular formula is C24H19N3O4. The molecule has 0 radical (unpaired) electrons. The monoisotopic (exact) mass is 413 g/mol. The number of carbonyl (C=O) groups excluding carboxylic acids is 2. The number of nitrogens with one attached hydrogen (secondary N) is 1. The van der Waals surface area contributed by atoms with Crippen molar-refractivity contribution in [2.24, 2.45) is 0 Å². The summed E-state index contributed by atoms with van der Waals surface area (Å²) in [4.78, 5) is 36.3. The van der Waals surface area contributed by atoms with Gasteiger partial charge in [-0.05, 0) is 48.5 Å². The van der Waals surface area contributed by atoms with Crippen molar-refractivity contribution >= 4 is 28.5 Å². The summed E-state index contributed by atoms with van der Waals surface area (Å²) in [6.07, 6.45) is 1.34. The summed E-state index contributed by atoms with van der Waals surface area (Å²) in [5, 5.41) is 7.45. The second kappa shape index (κ2) is 9.04. The standard InChI is InChI=1S/C24H19N3O4/c28-22-16-25-27(21-9-5-4-8-20(21)22)15-14-23(29)31-19-12-10-18(11-13-19)26-24(30)17-6-2-1-3-7-17/h1-13,16H,14-15H2,(H,26,30). The van der Waals surface area contributed by atoms with Crippen molar-refractivity contribution in [3.05, 3.63) is 101 Å². The van der Waals surface area contributed by atoms with Crippen LogP contribution in [0.15, 0.2) is 89.9 Å². The third-order valence-electron chi connectivity index (χ3n) is 4.67.